The molecule has 2 aromatic heterocycles. The van der Waals surface area contributed by atoms with Crippen LogP contribution >= 0.6 is 0 Å². The van der Waals surface area contributed by atoms with Crippen LogP contribution < -0.4 is 0 Å². The molecule has 0 aliphatic heterocycles. The van der Waals surface area contributed by atoms with E-state index in [1.165, 1.54) is 0 Å². The number of benzene rings is 1. The molecule has 0 aliphatic rings. The van der Waals surface area contributed by atoms with Crippen molar-refractivity contribution in [3.63, 3.8) is 0 Å². The van der Waals surface area contributed by atoms with Gasteiger partial charge in [0.15, 0.2) is 5.82 Å². The van der Waals surface area contributed by atoms with Crippen molar-refractivity contribution in [1.29, 1.82) is 0 Å². The monoisotopic (exact) mass is 342 g/mol. The summed E-state index contributed by atoms with van der Waals surface area (Å²) in [4.78, 5) is 4.23. The Morgan fingerprint density at radius 3 is 2.58 bits per heavy atom. The second-order valence-electron chi connectivity index (χ2n) is 5.51. The van der Waals surface area contributed by atoms with Gasteiger partial charge in [0.1, 0.15) is 5.69 Å². The van der Waals surface area contributed by atoms with Crippen LogP contribution in [0.3, 0.4) is 0 Å². The van der Waals surface area contributed by atoms with E-state index in [2.05, 4.69) is 15.2 Å². The zero-order valence-corrected chi connectivity index (χ0v) is 14.4. The van der Waals surface area contributed by atoms with Crippen molar-refractivity contribution < 1.29 is 8.42 Å². The first-order valence-corrected chi connectivity index (χ1v) is 9.29. The fourth-order valence-electron chi connectivity index (χ4n) is 2.57. The summed E-state index contributed by atoms with van der Waals surface area (Å²) in [5.41, 5.74) is 2.36. The molecular weight excluding hydrogens is 324 g/mol. The number of hydrogen-bond acceptors (Lipinski definition) is 5. The molecule has 0 radical (unpaired) electrons. The van der Waals surface area contributed by atoms with E-state index in [1.807, 2.05) is 38.1 Å². The maximum atomic E-state index is 12.8. The highest BCUT2D eigenvalue weighted by Gasteiger charge is 2.25. The molecular formula is C17H18N4O2S. The Morgan fingerprint density at radius 1 is 1.08 bits per heavy atom. The first-order chi connectivity index (χ1) is 11.5. The van der Waals surface area contributed by atoms with Gasteiger partial charge in [-0.15, -0.1) is 10.2 Å². The van der Waals surface area contributed by atoms with Gasteiger partial charge in [0, 0.05) is 12.7 Å². The van der Waals surface area contributed by atoms with Crippen molar-refractivity contribution in [3.05, 3.63) is 59.8 Å². The molecule has 0 amide bonds. The van der Waals surface area contributed by atoms with Crippen LogP contribution in [0.5, 0.6) is 0 Å². The van der Waals surface area contributed by atoms with Crippen LogP contribution in [0, 0.1) is 6.92 Å². The average Bonchev–Trinajstić information content (AvgIpc) is 3.00. The zero-order valence-electron chi connectivity index (χ0n) is 13.5. The van der Waals surface area contributed by atoms with Crippen LogP contribution in [-0.4, -0.2) is 28.2 Å². The van der Waals surface area contributed by atoms with Crippen LogP contribution in [0.25, 0.3) is 11.5 Å². The minimum absolute atomic E-state index is 0.0211. The van der Waals surface area contributed by atoms with Gasteiger partial charge in [0.05, 0.1) is 5.75 Å². The van der Waals surface area contributed by atoms with Crippen molar-refractivity contribution in [2.75, 3.05) is 0 Å². The minimum Gasteiger partial charge on any atom is -0.297 e. The molecule has 124 valence electrons. The zero-order chi connectivity index (χ0) is 17.2. The van der Waals surface area contributed by atoms with E-state index >= 15 is 0 Å². The van der Waals surface area contributed by atoms with Crippen LogP contribution in [0.2, 0.25) is 0 Å². The Labute approximate surface area is 141 Å². The van der Waals surface area contributed by atoms with E-state index in [-0.39, 0.29) is 10.9 Å². The predicted octanol–water partition coefficient (Wildman–Crippen LogP) is 2.64. The lowest BCUT2D eigenvalue weighted by molar-refractivity contribution is 0.568. The van der Waals surface area contributed by atoms with Gasteiger partial charge in [0.2, 0.25) is 15.0 Å². The van der Waals surface area contributed by atoms with Gasteiger partial charge in [-0.05, 0) is 31.5 Å². The van der Waals surface area contributed by atoms with Crippen molar-refractivity contribution in [2.24, 2.45) is 0 Å². The molecule has 0 saturated carbocycles. The number of sulfone groups is 1. The summed E-state index contributed by atoms with van der Waals surface area (Å²) < 4.78 is 27.2. The Kier molecular flexibility index (Phi) is 4.44. The quantitative estimate of drug-likeness (QED) is 0.712. The minimum atomic E-state index is -3.60. The molecule has 0 N–H and O–H groups in total. The molecule has 1 aromatic carbocycles. The Balaban J connectivity index is 2.01. The molecule has 0 aliphatic carbocycles. The molecule has 0 bridgehead atoms. The third kappa shape index (κ3) is 3.21. The highest BCUT2D eigenvalue weighted by atomic mass is 32.2. The Bertz CT molecular complexity index is 950. The van der Waals surface area contributed by atoms with Crippen LogP contribution in [0.4, 0.5) is 0 Å². The highest BCUT2D eigenvalue weighted by Crippen LogP contribution is 2.21. The average molecular weight is 342 g/mol. The fourth-order valence-corrected chi connectivity index (χ4v) is 4.04. The normalized spacial score (nSPS) is 11.6. The second kappa shape index (κ2) is 6.52. The van der Waals surface area contributed by atoms with Gasteiger partial charge >= 0.3 is 0 Å². The maximum absolute atomic E-state index is 12.8. The first kappa shape index (κ1) is 16.3. The third-order valence-electron chi connectivity index (χ3n) is 3.64. The molecule has 6 nitrogen and oxygen atoms in total. The van der Waals surface area contributed by atoms with Crippen molar-refractivity contribution in [2.45, 2.75) is 31.3 Å². The van der Waals surface area contributed by atoms with Crippen molar-refractivity contribution in [3.8, 4) is 11.5 Å². The van der Waals surface area contributed by atoms with Crippen molar-refractivity contribution >= 4 is 9.84 Å². The number of aryl methyl sites for hydroxylation is 1. The standard InChI is InChI=1S/C17H18N4O2S/c1-3-21-16(15-9-4-5-10-18-15)19-20-17(21)24(22,23)12-14-8-6-7-13(2)11-14/h4-11H,3,12H2,1-2H3. The van der Waals surface area contributed by atoms with E-state index in [9.17, 15) is 8.42 Å². The molecule has 3 rings (SSSR count). The fraction of sp³-hybridized carbons (Fsp3) is 0.235. The van der Waals surface area contributed by atoms with E-state index in [0.29, 0.717) is 18.1 Å². The summed E-state index contributed by atoms with van der Waals surface area (Å²) in [7, 11) is -3.60. The van der Waals surface area contributed by atoms with E-state index in [0.717, 1.165) is 11.1 Å². The second-order valence-corrected chi connectivity index (χ2v) is 7.40. The number of aromatic nitrogens is 4. The van der Waals surface area contributed by atoms with E-state index < -0.39 is 9.84 Å². The number of hydrogen-bond donors (Lipinski definition) is 0. The van der Waals surface area contributed by atoms with Crippen LogP contribution in [0.15, 0.2) is 53.8 Å². The maximum Gasteiger partial charge on any atom is 0.250 e. The smallest absolute Gasteiger partial charge is 0.250 e. The van der Waals surface area contributed by atoms with E-state index in [4.69, 9.17) is 0 Å². The number of pyridine rings is 1. The Hall–Kier alpha value is -2.54. The Morgan fingerprint density at radius 2 is 1.92 bits per heavy atom. The molecule has 0 saturated heterocycles. The van der Waals surface area contributed by atoms with Gasteiger partial charge in [-0.2, -0.15) is 0 Å². The van der Waals surface area contributed by atoms with Crippen molar-refractivity contribution in [1.82, 2.24) is 19.7 Å². The highest BCUT2D eigenvalue weighted by molar-refractivity contribution is 7.90. The summed E-state index contributed by atoms with van der Waals surface area (Å²) in [6, 6.07) is 12.9. The molecule has 3 aromatic rings. The molecule has 7 heteroatoms. The molecule has 2 heterocycles. The third-order valence-corrected chi connectivity index (χ3v) is 5.22. The van der Waals surface area contributed by atoms with Gasteiger partial charge in [0.25, 0.3) is 0 Å². The summed E-state index contributed by atoms with van der Waals surface area (Å²) >= 11 is 0. The van der Waals surface area contributed by atoms with Gasteiger partial charge in [-0.1, -0.05) is 35.9 Å². The summed E-state index contributed by atoms with van der Waals surface area (Å²) in [5, 5.41) is 7.97. The topological polar surface area (TPSA) is 77.7 Å². The SMILES string of the molecule is CCn1c(-c2ccccn2)nnc1S(=O)(=O)Cc1cccc(C)c1. The molecule has 24 heavy (non-hydrogen) atoms. The van der Waals surface area contributed by atoms with Gasteiger partial charge in [-0.3, -0.25) is 9.55 Å². The number of rotatable bonds is 5. The van der Waals surface area contributed by atoms with Crippen LogP contribution in [-0.2, 0) is 22.1 Å². The lowest BCUT2D eigenvalue weighted by Gasteiger charge is -2.08. The molecule has 0 spiro atoms. The summed E-state index contributed by atoms with van der Waals surface area (Å²) in [5.74, 6) is 0.357. The lowest BCUT2D eigenvalue weighted by atomic mass is 10.2. The summed E-state index contributed by atoms with van der Waals surface area (Å²) in [6.45, 7) is 4.24. The molecule has 0 atom stereocenters. The first-order valence-electron chi connectivity index (χ1n) is 7.64. The van der Waals surface area contributed by atoms with Gasteiger partial charge < -0.3 is 0 Å². The molecule has 0 unspecified atom stereocenters. The molecule has 0 fully saturated rings. The number of nitrogens with zero attached hydrogens (tertiary/aromatic N) is 4. The summed E-state index contributed by atoms with van der Waals surface area (Å²) in [6.07, 6.45) is 1.64. The predicted molar refractivity (Wildman–Crippen MR) is 91.0 cm³/mol. The lowest BCUT2D eigenvalue weighted by Crippen LogP contribution is -2.13. The largest absolute Gasteiger partial charge is 0.297 e. The van der Waals surface area contributed by atoms with E-state index in [1.54, 1.807) is 29.0 Å². The van der Waals surface area contributed by atoms with Gasteiger partial charge in [-0.25, -0.2) is 8.42 Å². The van der Waals surface area contributed by atoms with Crippen LogP contribution in [0.1, 0.15) is 18.1 Å².